The smallest absolute Gasteiger partial charge is 0.243 e. The number of hydrogen-bond acceptors (Lipinski definition) is 8. The van der Waals surface area contributed by atoms with E-state index >= 15 is 0 Å². The summed E-state index contributed by atoms with van der Waals surface area (Å²) in [5.41, 5.74) is 6.12. The monoisotopic (exact) mass is 534 g/mol. The summed E-state index contributed by atoms with van der Waals surface area (Å²) in [6.45, 7) is 5.54. The molecule has 1 amide bonds. The highest BCUT2D eigenvalue weighted by Gasteiger charge is 2.24. The van der Waals surface area contributed by atoms with E-state index in [0.29, 0.717) is 17.5 Å². The number of pyridine rings is 1. The lowest BCUT2D eigenvalue weighted by atomic mass is 9.83. The fourth-order valence-corrected chi connectivity index (χ4v) is 5.26. The summed E-state index contributed by atoms with van der Waals surface area (Å²) in [5, 5.41) is 14.7. The zero-order valence-electron chi connectivity index (χ0n) is 22.5. The molecule has 2 N–H and O–H groups in total. The van der Waals surface area contributed by atoms with Gasteiger partial charge in [-0.15, -0.1) is 5.10 Å². The number of carbonyl (C=O) groups excluding carboxylic acids is 1. The molecule has 40 heavy (non-hydrogen) atoms. The van der Waals surface area contributed by atoms with E-state index in [2.05, 4.69) is 43.6 Å². The molecule has 1 aliphatic rings. The predicted octanol–water partition coefficient (Wildman–Crippen LogP) is 5.48. The van der Waals surface area contributed by atoms with E-state index in [1.54, 1.807) is 11.0 Å². The van der Waals surface area contributed by atoms with Crippen molar-refractivity contribution in [3.63, 3.8) is 0 Å². The molecule has 0 spiro atoms. The number of benzene rings is 2. The van der Waals surface area contributed by atoms with E-state index in [9.17, 15) is 4.79 Å². The summed E-state index contributed by atoms with van der Waals surface area (Å²) in [4.78, 5) is 25.6. The van der Waals surface area contributed by atoms with Gasteiger partial charge in [0.1, 0.15) is 28.9 Å². The Hall–Kier alpha value is -4.86. The molecule has 3 aromatic heterocycles. The van der Waals surface area contributed by atoms with Gasteiger partial charge in [-0.05, 0) is 86.7 Å². The van der Waals surface area contributed by atoms with Crippen molar-refractivity contribution >= 4 is 39.5 Å². The number of ether oxygens (including phenoxy) is 1. The fraction of sp³-hybridized carbons (Fsp3) is 0.267. The molecule has 0 atom stereocenters. The number of aromatic nitrogens is 6. The Morgan fingerprint density at radius 1 is 1.05 bits per heavy atom. The average Bonchev–Trinajstić information content (AvgIpc) is 3.34. The molecular formula is C30H30N8O2. The highest BCUT2D eigenvalue weighted by Crippen LogP contribution is 2.34. The predicted molar refractivity (Wildman–Crippen MR) is 154 cm³/mol. The Morgan fingerprint density at radius 3 is 2.70 bits per heavy atom. The van der Waals surface area contributed by atoms with Crippen molar-refractivity contribution < 1.29 is 9.53 Å². The maximum Gasteiger partial charge on any atom is 0.243 e. The topological polar surface area (TPSA) is 120 Å². The van der Waals surface area contributed by atoms with Gasteiger partial charge in [-0.3, -0.25) is 4.79 Å². The highest BCUT2D eigenvalue weighted by molar-refractivity contribution is 5.87. The van der Waals surface area contributed by atoms with Gasteiger partial charge in [0, 0.05) is 36.5 Å². The first kappa shape index (κ1) is 25.4. The highest BCUT2D eigenvalue weighted by atomic mass is 16.5. The molecule has 0 bridgehead atoms. The molecule has 0 saturated heterocycles. The van der Waals surface area contributed by atoms with Gasteiger partial charge in [0.25, 0.3) is 0 Å². The summed E-state index contributed by atoms with van der Waals surface area (Å²) in [7, 11) is 1.86. The molecule has 10 heteroatoms. The average molecular weight is 535 g/mol. The van der Waals surface area contributed by atoms with E-state index in [1.165, 1.54) is 6.08 Å². The molecule has 202 valence electrons. The van der Waals surface area contributed by atoms with Crippen molar-refractivity contribution in [2.24, 2.45) is 7.05 Å². The van der Waals surface area contributed by atoms with Crippen LogP contribution in [0.2, 0.25) is 0 Å². The number of hydrogen-bond donors (Lipinski definition) is 2. The van der Waals surface area contributed by atoms with Crippen molar-refractivity contribution in [3.05, 3.63) is 78.8 Å². The minimum absolute atomic E-state index is 0.112. The van der Waals surface area contributed by atoms with Crippen LogP contribution in [0.15, 0.2) is 67.5 Å². The molecule has 1 saturated carbocycles. The summed E-state index contributed by atoms with van der Waals surface area (Å²) >= 11 is 0. The van der Waals surface area contributed by atoms with Gasteiger partial charge in [-0.1, -0.05) is 11.8 Å². The second-order valence-electron chi connectivity index (χ2n) is 10.2. The second kappa shape index (κ2) is 10.7. The Balaban J connectivity index is 1.18. The standard InChI is InChI=1S/C30H30N8O2/c1-4-28(39)33-20-7-5-19(6-8-20)23-11-12-24-29(35-23)30(32-17-31-24)34-21-9-14-27(18(2)15-21)40-22-10-13-26-25(16-22)36-37-38(26)3/h4,9-17,19-20H,1,5-8H2,2-3H3,(H,33,39)(H,31,32,34). The molecule has 3 heterocycles. The van der Waals surface area contributed by atoms with Crippen molar-refractivity contribution in [2.45, 2.75) is 44.6 Å². The van der Waals surface area contributed by atoms with Gasteiger partial charge < -0.3 is 15.4 Å². The lowest BCUT2D eigenvalue weighted by molar-refractivity contribution is -0.117. The Bertz CT molecular complexity index is 1720. The molecule has 1 fully saturated rings. The van der Waals surface area contributed by atoms with Crippen molar-refractivity contribution in [2.75, 3.05) is 5.32 Å². The quantitative estimate of drug-likeness (QED) is 0.264. The van der Waals surface area contributed by atoms with Crippen LogP contribution in [-0.2, 0) is 11.8 Å². The van der Waals surface area contributed by atoms with Gasteiger partial charge in [0.15, 0.2) is 5.82 Å². The molecule has 0 aliphatic heterocycles. The van der Waals surface area contributed by atoms with E-state index in [1.807, 2.05) is 56.4 Å². The number of carbonyl (C=O) groups is 1. The molecule has 0 radical (unpaired) electrons. The SMILES string of the molecule is C=CC(=O)NC1CCC(c2ccc3ncnc(Nc4ccc(Oc5ccc6c(c5)nnn6C)c(C)c4)c3n2)CC1. The van der Waals surface area contributed by atoms with Crippen LogP contribution >= 0.6 is 0 Å². The third kappa shape index (κ3) is 5.20. The van der Waals surface area contributed by atoms with Crippen LogP contribution in [0.5, 0.6) is 11.5 Å². The van der Waals surface area contributed by atoms with Crippen LogP contribution < -0.4 is 15.4 Å². The summed E-state index contributed by atoms with van der Waals surface area (Å²) in [5.74, 6) is 2.32. The molecule has 6 rings (SSSR count). The van der Waals surface area contributed by atoms with Gasteiger partial charge in [-0.25, -0.2) is 19.6 Å². The first-order valence-corrected chi connectivity index (χ1v) is 13.4. The van der Waals surface area contributed by atoms with E-state index in [0.717, 1.165) is 70.4 Å². The number of aryl methyl sites for hydroxylation is 2. The minimum Gasteiger partial charge on any atom is -0.457 e. The largest absolute Gasteiger partial charge is 0.457 e. The minimum atomic E-state index is -0.112. The lowest BCUT2D eigenvalue weighted by Crippen LogP contribution is -2.36. The van der Waals surface area contributed by atoms with E-state index in [4.69, 9.17) is 9.72 Å². The maximum atomic E-state index is 11.7. The number of fused-ring (bicyclic) bond motifs is 2. The first-order chi connectivity index (χ1) is 19.5. The van der Waals surface area contributed by atoms with E-state index < -0.39 is 0 Å². The number of nitrogens with zero attached hydrogens (tertiary/aromatic N) is 6. The van der Waals surface area contributed by atoms with E-state index in [-0.39, 0.29) is 11.9 Å². The molecule has 2 aromatic carbocycles. The van der Waals surface area contributed by atoms with Crippen LogP contribution in [0.3, 0.4) is 0 Å². The molecule has 10 nitrogen and oxygen atoms in total. The Morgan fingerprint density at radius 2 is 1.90 bits per heavy atom. The fourth-order valence-electron chi connectivity index (χ4n) is 5.26. The van der Waals surface area contributed by atoms with Crippen molar-refractivity contribution in [1.29, 1.82) is 0 Å². The van der Waals surface area contributed by atoms with Crippen LogP contribution in [-0.4, -0.2) is 41.9 Å². The number of anilines is 2. The molecule has 5 aromatic rings. The normalized spacial score (nSPS) is 17.1. The Labute approximate surface area is 231 Å². The zero-order valence-corrected chi connectivity index (χ0v) is 22.5. The first-order valence-electron chi connectivity index (χ1n) is 13.4. The number of amides is 1. The Kier molecular flexibility index (Phi) is 6.81. The summed E-state index contributed by atoms with van der Waals surface area (Å²) < 4.78 is 7.88. The van der Waals surface area contributed by atoms with Gasteiger partial charge >= 0.3 is 0 Å². The number of rotatable bonds is 7. The summed E-state index contributed by atoms with van der Waals surface area (Å²) in [6, 6.07) is 15.9. The third-order valence-electron chi connectivity index (χ3n) is 7.43. The van der Waals surface area contributed by atoms with Crippen LogP contribution in [0.4, 0.5) is 11.5 Å². The van der Waals surface area contributed by atoms with Gasteiger partial charge in [0.2, 0.25) is 5.91 Å². The molecular weight excluding hydrogens is 504 g/mol. The zero-order chi connectivity index (χ0) is 27.6. The molecule has 0 unspecified atom stereocenters. The van der Waals surface area contributed by atoms with Crippen LogP contribution in [0.1, 0.15) is 42.9 Å². The van der Waals surface area contributed by atoms with Crippen molar-refractivity contribution in [3.8, 4) is 11.5 Å². The van der Waals surface area contributed by atoms with Crippen LogP contribution in [0, 0.1) is 6.92 Å². The lowest BCUT2D eigenvalue weighted by Gasteiger charge is -2.28. The molecule has 1 aliphatic carbocycles. The van der Waals surface area contributed by atoms with Crippen molar-refractivity contribution in [1.82, 2.24) is 35.3 Å². The van der Waals surface area contributed by atoms with Gasteiger partial charge in [0.05, 0.1) is 11.0 Å². The number of nitrogens with one attached hydrogen (secondary N) is 2. The van der Waals surface area contributed by atoms with Crippen LogP contribution in [0.25, 0.3) is 22.1 Å². The second-order valence-corrected chi connectivity index (χ2v) is 10.2. The summed E-state index contributed by atoms with van der Waals surface area (Å²) in [6.07, 6.45) is 6.63. The maximum absolute atomic E-state index is 11.7. The third-order valence-corrected chi connectivity index (χ3v) is 7.43. The van der Waals surface area contributed by atoms with Gasteiger partial charge in [-0.2, -0.15) is 0 Å².